The highest BCUT2D eigenvalue weighted by Gasteiger charge is 2.25. The molecule has 0 spiro atoms. The van der Waals surface area contributed by atoms with Crippen molar-refractivity contribution in [2.24, 2.45) is 5.92 Å². The monoisotopic (exact) mass is 305 g/mol. The van der Waals surface area contributed by atoms with E-state index < -0.39 is 23.7 Å². The summed E-state index contributed by atoms with van der Waals surface area (Å²) < 4.78 is 12.9. The Morgan fingerprint density at radius 2 is 1.91 bits per heavy atom. The van der Waals surface area contributed by atoms with Gasteiger partial charge in [0, 0.05) is 5.56 Å². The average molecular weight is 305 g/mol. The second-order valence-electron chi connectivity index (χ2n) is 5.03. The summed E-state index contributed by atoms with van der Waals surface area (Å²) in [5.74, 6) is -1.24. The first-order valence-electron chi connectivity index (χ1n) is 6.70. The van der Waals surface area contributed by atoms with Crippen molar-refractivity contribution in [2.75, 3.05) is 5.32 Å². The Kier molecular flexibility index (Phi) is 4.82. The van der Waals surface area contributed by atoms with E-state index in [1.54, 1.807) is 13.8 Å². The zero-order valence-electron chi connectivity index (χ0n) is 12.1. The van der Waals surface area contributed by atoms with E-state index in [0.717, 1.165) is 0 Å². The van der Waals surface area contributed by atoms with Crippen LogP contribution in [0, 0.1) is 11.7 Å². The topological polar surface area (TPSA) is 99.8 Å². The molecule has 0 fully saturated rings. The summed E-state index contributed by atoms with van der Waals surface area (Å²) >= 11 is 0. The molecule has 3 N–H and O–H groups in total. The van der Waals surface area contributed by atoms with Crippen molar-refractivity contribution in [1.29, 1.82) is 0 Å². The van der Waals surface area contributed by atoms with E-state index in [1.165, 1.54) is 30.6 Å². The Labute approximate surface area is 126 Å². The van der Waals surface area contributed by atoms with Crippen molar-refractivity contribution in [3.8, 4) is 0 Å². The van der Waals surface area contributed by atoms with Crippen LogP contribution in [-0.4, -0.2) is 33.0 Å². The molecule has 1 atom stereocenters. The maximum atomic E-state index is 12.9. The number of carbonyl (C=O) groups is 2. The number of rotatable bonds is 5. The van der Waals surface area contributed by atoms with Gasteiger partial charge in [-0.2, -0.15) is 10.1 Å². The molecule has 0 unspecified atom stereocenters. The maximum Gasteiger partial charge on any atom is 0.251 e. The number of nitrogens with zero attached hydrogens (tertiary/aromatic N) is 2. The van der Waals surface area contributed by atoms with Crippen LogP contribution in [0.1, 0.15) is 24.2 Å². The fourth-order valence-corrected chi connectivity index (χ4v) is 1.82. The smallest absolute Gasteiger partial charge is 0.251 e. The van der Waals surface area contributed by atoms with Crippen LogP contribution in [0.15, 0.2) is 30.6 Å². The quantitative estimate of drug-likeness (QED) is 0.776. The number of aromatic amines is 1. The van der Waals surface area contributed by atoms with Gasteiger partial charge in [0.15, 0.2) is 0 Å². The predicted molar refractivity (Wildman–Crippen MR) is 77.5 cm³/mol. The normalized spacial score (nSPS) is 12.0. The Bertz CT molecular complexity index is 640. The molecule has 1 heterocycles. The molecule has 2 rings (SSSR count). The lowest BCUT2D eigenvalue weighted by Gasteiger charge is -2.21. The number of carbonyl (C=O) groups excluding carboxylic acids is 2. The molecule has 0 bridgehead atoms. The minimum absolute atomic E-state index is 0.146. The van der Waals surface area contributed by atoms with Gasteiger partial charge in [0.1, 0.15) is 18.2 Å². The number of H-pyrrole nitrogens is 1. The molecule has 116 valence electrons. The third-order valence-electron chi connectivity index (χ3n) is 3.00. The number of benzene rings is 1. The summed E-state index contributed by atoms with van der Waals surface area (Å²) in [7, 11) is 0. The lowest BCUT2D eigenvalue weighted by molar-refractivity contribution is -0.118. The van der Waals surface area contributed by atoms with Crippen LogP contribution in [0.25, 0.3) is 0 Å². The fourth-order valence-electron chi connectivity index (χ4n) is 1.82. The summed E-state index contributed by atoms with van der Waals surface area (Å²) in [6.45, 7) is 3.60. The van der Waals surface area contributed by atoms with E-state index in [-0.39, 0.29) is 17.4 Å². The SMILES string of the molecule is CC(C)[C@H](NC(=O)c1ccc(F)cc1)C(=O)Nc1ncn[nH]1. The molecular weight excluding hydrogens is 289 g/mol. The highest BCUT2D eigenvalue weighted by molar-refractivity contribution is 6.00. The molecular formula is C14H16FN5O2. The second kappa shape index (κ2) is 6.79. The van der Waals surface area contributed by atoms with Crippen molar-refractivity contribution in [1.82, 2.24) is 20.5 Å². The third kappa shape index (κ3) is 3.87. The third-order valence-corrected chi connectivity index (χ3v) is 3.00. The van der Waals surface area contributed by atoms with Crippen molar-refractivity contribution in [2.45, 2.75) is 19.9 Å². The molecule has 22 heavy (non-hydrogen) atoms. The van der Waals surface area contributed by atoms with Crippen molar-refractivity contribution < 1.29 is 14.0 Å². The molecule has 0 aliphatic heterocycles. The van der Waals surface area contributed by atoms with E-state index in [0.29, 0.717) is 0 Å². The zero-order valence-corrected chi connectivity index (χ0v) is 12.1. The molecule has 0 saturated heterocycles. The van der Waals surface area contributed by atoms with E-state index in [9.17, 15) is 14.0 Å². The Morgan fingerprint density at radius 3 is 2.45 bits per heavy atom. The van der Waals surface area contributed by atoms with Crippen LogP contribution in [-0.2, 0) is 4.79 Å². The molecule has 0 radical (unpaired) electrons. The number of hydrogen-bond acceptors (Lipinski definition) is 4. The summed E-state index contributed by atoms with van der Waals surface area (Å²) in [6, 6.07) is 4.33. The highest BCUT2D eigenvalue weighted by atomic mass is 19.1. The molecule has 7 nitrogen and oxygen atoms in total. The molecule has 0 saturated carbocycles. The summed E-state index contributed by atoms with van der Waals surface area (Å²) in [4.78, 5) is 28.1. The van der Waals surface area contributed by atoms with Crippen LogP contribution in [0.3, 0.4) is 0 Å². The van der Waals surface area contributed by atoms with Gasteiger partial charge >= 0.3 is 0 Å². The Morgan fingerprint density at radius 1 is 1.23 bits per heavy atom. The van der Waals surface area contributed by atoms with Crippen molar-refractivity contribution >= 4 is 17.8 Å². The van der Waals surface area contributed by atoms with E-state index in [2.05, 4.69) is 25.8 Å². The molecule has 0 aliphatic rings. The fraction of sp³-hybridized carbons (Fsp3) is 0.286. The minimum atomic E-state index is -0.761. The molecule has 8 heteroatoms. The number of anilines is 1. The molecule has 0 aliphatic carbocycles. The van der Waals surface area contributed by atoms with Gasteiger partial charge in [0.2, 0.25) is 11.9 Å². The van der Waals surface area contributed by atoms with E-state index >= 15 is 0 Å². The number of nitrogens with one attached hydrogen (secondary N) is 3. The van der Waals surface area contributed by atoms with Crippen LogP contribution in [0.4, 0.5) is 10.3 Å². The first-order valence-corrected chi connectivity index (χ1v) is 6.70. The summed E-state index contributed by atoms with van der Waals surface area (Å²) in [6.07, 6.45) is 1.26. The standard InChI is InChI=1S/C14H16FN5O2/c1-8(2)11(13(22)19-14-16-7-17-20-14)18-12(21)9-3-5-10(15)6-4-9/h3-8,11H,1-2H3,(H,18,21)(H2,16,17,19,20,22)/t11-/m0/s1. The Hall–Kier alpha value is -2.77. The zero-order chi connectivity index (χ0) is 16.1. The first kappa shape index (κ1) is 15.6. The van der Waals surface area contributed by atoms with Gasteiger partial charge in [-0.1, -0.05) is 13.8 Å². The maximum absolute atomic E-state index is 12.9. The molecule has 1 aromatic heterocycles. The van der Waals surface area contributed by atoms with Gasteiger partial charge in [0.25, 0.3) is 5.91 Å². The molecule has 1 aromatic carbocycles. The first-order chi connectivity index (χ1) is 10.5. The lowest BCUT2D eigenvalue weighted by Crippen LogP contribution is -2.47. The number of halogens is 1. The Balaban J connectivity index is 2.06. The van der Waals surface area contributed by atoms with Gasteiger partial charge < -0.3 is 5.32 Å². The van der Waals surface area contributed by atoms with Gasteiger partial charge in [-0.05, 0) is 30.2 Å². The number of hydrogen-bond donors (Lipinski definition) is 3. The highest BCUT2D eigenvalue weighted by Crippen LogP contribution is 2.08. The van der Waals surface area contributed by atoms with Gasteiger partial charge in [-0.15, -0.1) is 0 Å². The summed E-state index contributed by atoms with van der Waals surface area (Å²) in [5.41, 5.74) is 0.277. The molecule has 2 amide bonds. The second-order valence-corrected chi connectivity index (χ2v) is 5.03. The van der Waals surface area contributed by atoms with Crippen LogP contribution < -0.4 is 10.6 Å². The minimum Gasteiger partial charge on any atom is -0.340 e. The number of aromatic nitrogens is 3. The van der Waals surface area contributed by atoms with Gasteiger partial charge in [0.05, 0.1) is 0 Å². The van der Waals surface area contributed by atoms with Crippen LogP contribution in [0.5, 0.6) is 0 Å². The van der Waals surface area contributed by atoms with Crippen LogP contribution >= 0.6 is 0 Å². The predicted octanol–water partition coefficient (Wildman–Crippen LogP) is 1.34. The lowest BCUT2D eigenvalue weighted by atomic mass is 10.0. The number of amides is 2. The van der Waals surface area contributed by atoms with Crippen molar-refractivity contribution in [3.63, 3.8) is 0 Å². The molecule has 2 aromatic rings. The van der Waals surface area contributed by atoms with Gasteiger partial charge in [-0.25, -0.2) is 9.49 Å². The largest absolute Gasteiger partial charge is 0.340 e. The van der Waals surface area contributed by atoms with Crippen molar-refractivity contribution in [3.05, 3.63) is 42.0 Å². The summed E-state index contributed by atoms with van der Waals surface area (Å²) in [5, 5.41) is 11.3. The van der Waals surface area contributed by atoms with Crippen LogP contribution in [0.2, 0.25) is 0 Å². The van der Waals surface area contributed by atoms with E-state index in [4.69, 9.17) is 0 Å². The van der Waals surface area contributed by atoms with E-state index in [1.807, 2.05) is 0 Å². The van der Waals surface area contributed by atoms with Gasteiger partial charge in [-0.3, -0.25) is 14.9 Å². The average Bonchev–Trinajstić information content (AvgIpc) is 2.97.